The monoisotopic (exact) mass is 351 g/mol. The van der Waals surface area contributed by atoms with Crippen molar-refractivity contribution in [1.29, 1.82) is 0 Å². The van der Waals surface area contributed by atoms with Gasteiger partial charge in [0, 0.05) is 44.0 Å². The fourth-order valence-corrected chi connectivity index (χ4v) is 3.41. The van der Waals surface area contributed by atoms with E-state index in [9.17, 15) is 9.90 Å². The van der Waals surface area contributed by atoms with Crippen LogP contribution in [0.15, 0.2) is 54.3 Å². The van der Waals surface area contributed by atoms with Gasteiger partial charge in [-0.2, -0.15) is 5.10 Å². The van der Waals surface area contributed by atoms with Gasteiger partial charge in [0.15, 0.2) is 0 Å². The summed E-state index contributed by atoms with van der Waals surface area (Å²) >= 11 is 0. The average Bonchev–Trinajstić information content (AvgIpc) is 3.06. The molecule has 0 fully saturated rings. The van der Waals surface area contributed by atoms with Crippen LogP contribution in [0.25, 0.3) is 5.57 Å². The zero-order valence-corrected chi connectivity index (χ0v) is 15.4. The van der Waals surface area contributed by atoms with Crippen LogP contribution in [0.2, 0.25) is 0 Å². The number of aliphatic carboxylic acids is 1. The van der Waals surface area contributed by atoms with Crippen LogP contribution in [-0.2, 0) is 11.8 Å². The Kier molecular flexibility index (Phi) is 5.68. The molecule has 1 aliphatic heterocycles. The highest BCUT2D eigenvalue weighted by molar-refractivity contribution is 5.87. The Balaban J connectivity index is 1.78. The number of carboxylic acids is 1. The van der Waals surface area contributed by atoms with Crippen LogP contribution in [0.5, 0.6) is 0 Å². The first-order valence-corrected chi connectivity index (χ1v) is 8.95. The van der Waals surface area contributed by atoms with E-state index in [0.29, 0.717) is 12.1 Å². The molecule has 0 atom stereocenters. The van der Waals surface area contributed by atoms with Gasteiger partial charge in [-0.15, -0.1) is 0 Å². The first-order chi connectivity index (χ1) is 12.6. The number of aryl methyl sites for hydroxylation is 2. The molecule has 0 saturated heterocycles. The van der Waals surface area contributed by atoms with Gasteiger partial charge in [0.1, 0.15) is 0 Å². The van der Waals surface area contributed by atoms with E-state index in [-0.39, 0.29) is 0 Å². The molecular weight excluding hydrogens is 326 g/mol. The van der Waals surface area contributed by atoms with Crippen LogP contribution in [0.1, 0.15) is 29.7 Å². The van der Waals surface area contributed by atoms with Gasteiger partial charge < -0.3 is 5.11 Å². The Morgan fingerprint density at radius 3 is 2.81 bits per heavy atom. The summed E-state index contributed by atoms with van der Waals surface area (Å²) in [4.78, 5) is 13.4. The van der Waals surface area contributed by atoms with E-state index in [1.807, 2.05) is 36.1 Å². The number of benzene rings is 1. The molecule has 2 heterocycles. The van der Waals surface area contributed by atoms with Gasteiger partial charge >= 0.3 is 5.97 Å². The number of carboxylic acid groups (broad SMARTS) is 1. The second-order valence-corrected chi connectivity index (χ2v) is 6.66. The Hall–Kier alpha value is -2.66. The van der Waals surface area contributed by atoms with Gasteiger partial charge in [-0.1, -0.05) is 36.4 Å². The molecule has 0 aliphatic carbocycles. The van der Waals surface area contributed by atoms with Gasteiger partial charge in [-0.3, -0.25) is 9.58 Å². The van der Waals surface area contributed by atoms with Gasteiger partial charge in [0.2, 0.25) is 0 Å². The molecule has 0 bridgehead atoms. The largest absolute Gasteiger partial charge is 0.478 e. The van der Waals surface area contributed by atoms with Crippen molar-refractivity contribution >= 4 is 11.5 Å². The third-order valence-corrected chi connectivity index (χ3v) is 4.83. The van der Waals surface area contributed by atoms with Crippen molar-refractivity contribution in [3.8, 4) is 0 Å². The van der Waals surface area contributed by atoms with Crippen molar-refractivity contribution in [1.82, 2.24) is 14.7 Å². The molecule has 136 valence electrons. The molecule has 0 saturated carbocycles. The molecule has 0 amide bonds. The number of hydrogen-bond donors (Lipinski definition) is 1. The number of nitrogens with zero attached hydrogens (tertiary/aromatic N) is 3. The van der Waals surface area contributed by atoms with E-state index in [0.717, 1.165) is 31.6 Å². The molecular formula is C21H25N3O2. The van der Waals surface area contributed by atoms with Crippen LogP contribution in [0.4, 0.5) is 0 Å². The smallest absolute Gasteiger partial charge is 0.332 e. The highest BCUT2D eigenvalue weighted by atomic mass is 16.4. The van der Waals surface area contributed by atoms with E-state index in [1.165, 1.54) is 16.7 Å². The molecule has 1 N–H and O–H groups in total. The number of aromatic nitrogens is 2. The molecule has 2 aromatic rings. The second-order valence-electron chi connectivity index (χ2n) is 6.66. The SMILES string of the molecule is Cc1ccccc1C(=CCCN1CCC=C(C(=O)O)C1)c1ccnn1C. The molecule has 1 aromatic carbocycles. The summed E-state index contributed by atoms with van der Waals surface area (Å²) in [6, 6.07) is 10.4. The Morgan fingerprint density at radius 1 is 1.31 bits per heavy atom. The van der Waals surface area contributed by atoms with Crippen molar-refractivity contribution in [2.75, 3.05) is 19.6 Å². The molecule has 0 radical (unpaired) electrons. The third kappa shape index (κ3) is 4.11. The molecule has 26 heavy (non-hydrogen) atoms. The van der Waals surface area contributed by atoms with E-state index in [1.54, 1.807) is 0 Å². The Morgan fingerprint density at radius 2 is 2.12 bits per heavy atom. The van der Waals surface area contributed by atoms with Gasteiger partial charge in [0.25, 0.3) is 0 Å². The molecule has 0 spiro atoms. The fourth-order valence-electron chi connectivity index (χ4n) is 3.41. The summed E-state index contributed by atoms with van der Waals surface area (Å²) in [5, 5.41) is 13.5. The molecule has 5 nitrogen and oxygen atoms in total. The summed E-state index contributed by atoms with van der Waals surface area (Å²) in [5.41, 5.74) is 5.21. The lowest BCUT2D eigenvalue weighted by atomic mass is 9.97. The zero-order valence-electron chi connectivity index (χ0n) is 15.4. The molecule has 3 rings (SSSR count). The average molecular weight is 351 g/mol. The summed E-state index contributed by atoms with van der Waals surface area (Å²) in [6.45, 7) is 4.40. The van der Waals surface area contributed by atoms with Gasteiger partial charge in [-0.25, -0.2) is 4.79 Å². The summed E-state index contributed by atoms with van der Waals surface area (Å²) in [5.74, 6) is -0.805. The Labute approximate surface area is 154 Å². The van der Waals surface area contributed by atoms with E-state index in [2.05, 4.69) is 41.2 Å². The van der Waals surface area contributed by atoms with Crippen molar-refractivity contribution in [3.63, 3.8) is 0 Å². The minimum atomic E-state index is -0.805. The zero-order chi connectivity index (χ0) is 18.5. The number of hydrogen-bond acceptors (Lipinski definition) is 3. The topological polar surface area (TPSA) is 58.4 Å². The normalized spacial score (nSPS) is 15.8. The maximum atomic E-state index is 11.2. The quantitative estimate of drug-likeness (QED) is 0.868. The third-order valence-electron chi connectivity index (χ3n) is 4.83. The van der Waals surface area contributed by atoms with Crippen LogP contribution in [0, 0.1) is 6.92 Å². The van der Waals surface area contributed by atoms with Gasteiger partial charge in [-0.05, 0) is 37.0 Å². The predicted molar refractivity (Wildman–Crippen MR) is 103 cm³/mol. The van der Waals surface area contributed by atoms with Crippen LogP contribution < -0.4 is 0 Å². The van der Waals surface area contributed by atoms with Crippen LogP contribution >= 0.6 is 0 Å². The minimum absolute atomic E-state index is 0.506. The lowest BCUT2D eigenvalue weighted by Gasteiger charge is -2.25. The van der Waals surface area contributed by atoms with E-state index < -0.39 is 5.97 Å². The second kappa shape index (κ2) is 8.15. The maximum Gasteiger partial charge on any atom is 0.332 e. The van der Waals surface area contributed by atoms with E-state index in [4.69, 9.17) is 0 Å². The minimum Gasteiger partial charge on any atom is -0.478 e. The van der Waals surface area contributed by atoms with Crippen molar-refractivity contribution in [2.24, 2.45) is 7.05 Å². The van der Waals surface area contributed by atoms with Crippen molar-refractivity contribution in [2.45, 2.75) is 19.8 Å². The summed E-state index contributed by atoms with van der Waals surface area (Å²) < 4.78 is 1.89. The predicted octanol–water partition coefficient (Wildman–Crippen LogP) is 3.27. The van der Waals surface area contributed by atoms with Crippen LogP contribution in [-0.4, -0.2) is 45.4 Å². The molecule has 5 heteroatoms. The number of carbonyl (C=O) groups is 1. The summed E-state index contributed by atoms with van der Waals surface area (Å²) in [7, 11) is 1.95. The standard InChI is InChI=1S/C21H25N3O2/c1-16-7-3-4-9-18(16)19(20-11-12-22-23(20)2)10-6-14-24-13-5-8-17(15-24)21(25)26/h3-4,7-12H,5-6,13-15H2,1-2H3,(H,25,26). The van der Waals surface area contributed by atoms with Crippen LogP contribution in [0.3, 0.4) is 0 Å². The van der Waals surface area contributed by atoms with Gasteiger partial charge in [0.05, 0.1) is 5.69 Å². The van der Waals surface area contributed by atoms with Crippen molar-refractivity contribution in [3.05, 3.63) is 71.1 Å². The lowest BCUT2D eigenvalue weighted by Crippen LogP contribution is -2.32. The number of rotatable bonds is 6. The first kappa shape index (κ1) is 18.1. The highest BCUT2D eigenvalue weighted by Crippen LogP contribution is 2.26. The fraction of sp³-hybridized carbons (Fsp3) is 0.333. The maximum absolute atomic E-state index is 11.2. The lowest BCUT2D eigenvalue weighted by molar-refractivity contribution is -0.133. The highest BCUT2D eigenvalue weighted by Gasteiger charge is 2.17. The first-order valence-electron chi connectivity index (χ1n) is 8.95. The molecule has 0 unspecified atom stereocenters. The summed E-state index contributed by atoms with van der Waals surface area (Å²) in [6.07, 6.45) is 7.57. The van der Waals surface area contributed by atoms with Crippen molar-refractivity contribution < 1.29 is 9.90 Å². The molecule has 1 aliphatic rings. The Bertz CT molecular complexity index is 848. The molecule has 1 aromatic heterocycles. The van der Waals surface area contributed by atoms with E-state index >= 15 is 0 Å².